The summed E-state index contributed by atoms with van der Waals surface area (Å²) in [6, 6.07) is 6.62. The second-order valence-electron chi connectivity index (χ2n) is 5.00. The van der Waals surface area contributed by atoms with E-state index in [0.29, 0.717) is 5.75 Å². The van der Waals surface area contributed by atoms with Crippen molar-refractivity contribution in [2.24, 2.45) is 0 Å². The van der Waals surface area contributed by atoms with Gasteiger partial charge in [-0.1, -0.05) is 12.1 Å². The zero-order chi connectivity index (χ0) is 12.4. The number of hydrogen-bond donors (Lipinski definition) is 0. The lowest BCUT2D eigenvalue weighted by molar-refractivity contribution is -0.0964. The second-order valence-corrected chi connectivity index (χ2v) is 6.10. The van der Waals surface area contributed by atoms with E-state index in [4.69, 9.17) is 9.47 Å². The Hall–Kier alpha value is -0.740. The van der Waals surface area contributed by atoms with Crippen LogP contribution in [-0.4, -0.2) is 29.8 Å². The lowest BCUT2D eigenvalue weighted by Gasteiger charge is -2.37. The predicted molar refractivity (Wildman–Crippen MR) is 70.7 cm³/mol. The number of rotatable bonds is 2. The molecule has 2 fully saturated rings. The largest absolute Gasteiger partial charge is 0.487 e. The topological polar surface area (TPSA) is 18.5 Å². The van der Waals surface area contributed by atoms with E-state index in [9.17, 15) is 4.39 Å². The molecule has 2 saturated heterocycles. The van der Waals surface area contributed by atoms with Crippen LogP contribution in [0.3, 0.4) is 0 Å². The highest BCUT2D eigenvalue weighted by atomic mass is 32.2. The lowest BCUT2D eigenvalue weighted by atomic mass is 9.91. The third-order valence-electron chi connectivity index (χ3n) is 3.65. The molecular formula is C14H17FO2S. The van der Waals surface area contributed by atoms with E-state index in [2.05, 4.69) is 0 Å². The van der Waals surface area contributed by atoms with Gasteiger partial charge in [-0.2, -0.15) is 11.8 Å². The van der Waals surface area contributed by atoms with Crippen LogP contribution < -0.4 is 4.74 Å². The molecule has 0 aromatic heterocycles. The van der Waals surface area contributed by atoms with Gasteiger partial charge in [0.2, 0.25) is 0 Å². The maximum atomic E-state index is 13.6. The number of ether oxygens (including phenoxy) is 2. The first kappa shape index (κ1) is 12.3. The summed E-state index contributed by atoms with van der Waals surface area (Å²) in [5.41, 5.74) is -0.0150. The smallest absolute Gasteiger partial charge is 0.165 e. The van der Waals surface area contributed by atoms with E-state index in [1.54, 1.807) is 18.2 Å². The van der Waals surface area contributed by atoms with Gasteiger partial charge < -0.3 is 9.47 Å². The quantitative estimate of drug-likeness (QED) is 0.820. The summed E-state index contributed by atoms with van der Waals surface area (Å²) in [5.74, 6) is 2.29. The molecule has 2 atom stereocenters. The molecule has 1 aromatic rings. The number of para-hydroxylation sites is 1. The first-order valence-corrected chi connectivity index (χ1v) is 7.56. The minimum atomic E-state index is -0.279. The number of thioether (sulfide) groups is 1. The summed E-state index contributed by atoms with van der Waals surface area (Å²) >= 11 is 1.94. The fraction of sp³-hybridized carbons (Fsp3) is 0.571. The standard InChI is InChI=1S/C14H17FO2S/c15-12-3-1-2-4-13(12)17-11-5-7-16-14(9-11)6-8-18-10-14/h1-4,11H,5-10H2. The van der Waals surface area contributed by atoms with Crippen LogP contribution in [0.2, 0.25) is 0 Å². The Morgan fingerprint density at radius 1 is 1.39 bits per heavy atom. The molecule has 4 heteroatoms. The molecule has 0 aliphatic carbocycles. The fourth-order valence-electron chi connectivity index (χ4n) is 2.67. The Balaban J connectivity index is 1.68. The molecule has 0 N–H and O–H groups in total. The van der Waals surface area contributed by atoms with Crippen molar-refractivity contribution in [2.45, 2.75) is 31.0 Å². The summed E-state index contributed by atoms with van der Waals surface area (Å²) in [7, 11) is 0. The Labute approximate surface area is 111 Å². The van der Waals surface area contributed by atoms with Crippen molar-refractivity contribution in [3.63, 3.8) is 0 Å². The van der Waals surface area contributed by atoms with E-state index in [1.807, 2.05) is 11.8 Å². The average Bonchev–Trinajstić information content (AvgIpc) is 2.80. The Kier molecular flexibility index (Phi) is 3.48. The van der Waals surface area contributed by atoms with Crippen molar-refractivity contribution >= 4 is 11.8 Å². The molecule has 2 aliphatic rings. The molecule has 0 bridgehead atoms. The van der Waals surface area contributed by atoms with Crippen LogP contribution in [0.5, 0.6) is 5.75 Å². The molecule has 18 heavy (non-hydrogen) atoms. The Morgan fingerprint density at radius 3 is 3.06 bits per heavy atom. The monoisotopic (exact) mass is 268 g/mol. The summed E-state index contributed by atoms with van der Waals surface area (Å²) in [5, 5.41) is 0. The molecule has 0 amide bonds. The summed E-state index contributed by atoms with van der Waals surface area (Å²) in [4.78, 5) is 0. The summed E-state index contributed by atoms with van der Waals surface area (Å²) in [6.07, 6.45) is 2.90. The molecule has 2 aliphatic heterocycles. The van der Waals surface area contributed by atoms with Crippen LogP contribution in [0.1, 0.15) is 19.3 Å². The van der Waals surface area contributed by atoms with Crippen molar-refractivity contribution < 1.29 is 13.9 Å². The molecular weight excluding hydrogens is 251 g/mol. The van der Waals surface area contributed by atoms with Crippen LogP contribution in [0.15, 0.2) is 24.3 Å². The second kappa shape index (κ2) is 5.10. The van der Waals surface area contributed by atoms with Crippen molar-refractivity contribution in [1.82, 2.24) is 0 Å². The zero-order valence-electron chi connectivity index (χ0n) is 10.2. The van der Waals surface area contributed by atoms with E-state index < -0.39 is 0 Å². The maximum Gasteiger partial charge on any atom is 0.165 e. The van der Waals surface area contributed by atoms with E-state index in [1.165, 1.54) is 6.07 Å². The van der Waals surface area contributed by atoms with Crippen molar-refractivity contribution in [3.05, 3.63) is 30.1 Å². The van der Waals surface area contributed by atoms with Crippen molar-refractivity contribution in [2.75, 3.05) is 18.1 Å². The van der Waals surface area contributed by atoms with Crippen LogP contribution in [-0.2, 0) is 4.74 Å². The normalized spacial score (nSPS) is 31.7. The molecule has 1 aromatic carbocycles. The van der Waals surface area contributed by atoms with Gasteiger partial charge in [0, 0.05) is 18.6 Å². The van der Waals surface area contributed by atoms with Gasteiger partial charge in [-0.05, 0) is 24.3 Å². The van der Waals surface area contributed by atoms with Gasteiger partial charge in [0.05, 0.1) is 12.2 Å². The van der Waals surface area contributed by atoms with Gasteiger partial charge in [-0.3, -0.25) is 0 Å². The first-order valence-electron chi connectivity index (χ1n) is 6.40. The van der Waals surface area contributed by atoms with Gasteiger partial charge in [-0.25, -0.2) is 4.39 Å². The number of halogens is 1. The van der Waals surface area contributed by atoms with Crippen LogP contribution in [0, 0.1) is 5.82 Å². The number of benzene rings is 1. The SMILES string of the molecule is Fc1ccccc1OC1CCOC2(CCSC2)C1. The highest BCUT2D eigenvalue weighted by molar-refractivity contribution is 7.99. The van der Waals surface area contributed by atoms with E-state index >= 15 is 0 Å². The third kappa shape index (κ3) is 2.50. The molecule has 1 spiro atoms. The Morgan fingerprint density at radius 2 is 2.28 bits per heavy atom. The molecule has 3 rings (SSSR count). The maximum absolute atomic E-state index is 13.6. The minimum Gasteiger partial charge on any atom is -0.487 e. The molecule has 2 heterocycles. The molecule has 2 unspecified atom stereocenters. The van der Waals surface area contributed by atoms with Gasteiger partial charge in [-0.15, -0.1) is 0 Å². The van der Waals surface area contributed by atoms with Crippen LogP contribution in [0.4, 0.5) is 4.39 Å². The van der Waals surface area contributed by atoms with Crippen LogP contribution in [0.25, 0.3) is 0 Å². The molecule has 2 nitrogen and oxygen atoms in total. The third-order valence-corrected chi connectivity index (χ3v) is 4.87. The Bertz CT molecular complexity index is 418. The minimum absolute atomic E-state index is 0.0150. The highest BCUT2D eigenvalue weighted by Crippen LogP contribution is 2.39. The van der Waals surface area contributed by atoms with Crippen molar-refractivity contribution in [3.8, 4) is 5.75 Å². The summed E-state index contributed by atoms with van der Waals surface area (Å²) in [6.45, 7) is 0.722. The molecule has 0 saturated carbocycles. The van der Waals surface area contributed by atoms with Gasteiger partial charge in [0.15, 0.2) is 11.6 Å². The predicted octanol–water partition coefficient (Wildman–Crippen LogP) is 3.26. The number of hydrogen-bond acceptors (Lipinski definition) is 3. The molecule has 0 radical (unpaired) electrons. The average molecular weight is 268 g/mol. The van der Waals surface area contributed by atoms with Gasteiger partial charge in [0.1, 0.15) is 6.10 Å². The lowest BCUT2D eigenvalue weighted by Crippen LogP contribution is -2.43. The first-order chi connectivity index (χ1) is 8.77. The van der Waals surface area contributed by atoms with Gasteiger partial charge in [0.25, 0.3) is 0 Å². The molecule has 98 valence electrons. The van der Waals surface area contributed by atoms with Gasteiger partial charge >= 0.3 is 0 Å². The highest BCUT2D eigenvalue weighted by Gasteiger charge is 2.41. The van der Waals surface area contributed by atoms with Crippen LogP contribution >= 0.6 is 11.8 Å². The van der Waals surface area contributed by atoms with E-state index in [0.717, 1.165) is 37.4 Å². The summed E-state index contributed by atoms with van der Waals surface area (Å²) < 4.78 is 25.3. The fourth-order valence-corrected chi connectivity index (χ4v) is 4.04. The zero-order valence-corrected chi connectivity index (χ0v) is 11.0. The van der Waals surface area contributed by atoms with Crippen molar-refractivity contribution in [1.29, 1.82) is 0 Å². The van der Waals surface area contributed by atoms with E-state index in [-0.39, 0.29) is 17.5 Å².